The predicted octanol–water partition coefficient (Wildman–Crippen LogP) is 0.904. The van der Waals surface area contributed by atoms with Crippen LogP contribution in [0.2, 0.25) is 0 Å². The Hall–Kier alpha value is -1.34. The zero-order valence-electron chi connectivity index (χ0n) is 12.3. The van der Waals surface area contributed by atoms with E-state index in [9.17, 15) is 10.2 Å². The molecule has 0 aliphatic carbocycles. The van der Waals surface area contributed by atoms with E-state index < -0.39 is 12.2 Å². The van der Waals surface area contributed by atoms with E-state index in [0.717, 1.165) is 5.56 Å². The Morgan fingerprint density at radius 1 is 1.33 bits per heavy atom. The average molecular weight is 298 g/mol. The van der Waals surface area contributed by atoms with Crippen molar-refractivity contribution in [3.05, 3.63) is 23.8 Å². The van der Waals surface area contributed by atoms with Crippen molar-refractivity contribution < 1.29 is 29.2 Å². The van der Waals surface area contributed by atoms with Gasteiger partial charge in [0.05, 0.1) is 19.3 Å². The first-order valence-corrected chi connectivity index (χ1v) is 6.96. The molecule has 6 heteroatoms. The molecule has 0 spiro atoms. The van der Waals surface area contributed by atoms with Crippen molar-refractivity contribution in [2.24, 2.45) is 0 Å². The fourth-order valence-electron chi connectivity index (χ4n) is 2.06. The van der Waals surface area contributed by atoms with Gasteiger partial charge in [-0.25, -0.2) is 0 Å². The van der Waals surface area contributed by atoms with E-state index in [-0.39, 0.29) is 25.9 Å². The molecule has 1 aromatic carbocycles. The molecule has 0 fully saturated rings. The first-order chi connectivity index (χ1) is 10.1. The standard InChI is InChI=1S/C15H22O6/c1-10(6-18-2)19-7-11(16)8-20-12-3-4-13-14(17)9-21-15(13)5-12/h3-5,10-11,14,16-17H,6-9H2,1-2H3. The van der Waals surface area contributed by atoms with Crippen LogP contribution < -0.4 is 9.47 Å². The van der Waals surface area contributed by atoms with Crippen LogP contribution in [0.3, 0.4) is 0 Å². The number of benzene rings is 1. The summed E-state index contributed by atoms with van der Waals surface area (Å²) in [7, 11) is 1.60. The molecule has 6 nitrogen and oxygen atoms in total. The summed E-state index contributed by atoms with van der Waals surface area (Å²) < 4.78 is 21.2. The second-order valence-corrected chi connectivity index (χ2v) is 5.09. The van der Waals surface area contributed by atoms with Crippen LogP contribution in [-0.2, 0) is 9.47 Å². The number of hydrogen-bond donors (Lipinski definition) is 2. The van der Waals surface area contributed by atoms with Gasteiger partial charge in [0.15, 0.2) is 0 Å². The summed E-state index contributed by atoms with van der Waals surface area (Å²) in [4.78, 5) is 0. The molecule has 3 atom stereocenters. The average Bonchev–Trinajstić information content (AvgIpc) is 2.84. The van der Waals surface area contributed by atoms with Crippen LogP contribution in [0.15, 0.2) is 18.2 Å². The summed E-state index contributed by atoms with van der Waals surface area (Å²) in [6.45, 7) is 2.94. The van der Waals surface area contributed by atoms with Crippen LogP contribution in [0.5, 0.6) is 11.5 Å². The molecule has 2 rings (SSSR count). The Morgan fingerprint density at radius 2 is 2.14 bits per heavy atom. The molecule has 1 aromatic rings. The minimum absolute atomic E-state index is 0.0699. The highest BCUT2D eigenvalue weighted by atomic mass is 16.5. The van der Waals surface area contributed by atoms with Crippen molar-refractivity contribution in [3.8, 4) is 11.5 Å². The van der Waals surface area contributed by atoms with E-state index in [4.69, 9.17) is 18.9 Å². The van der Waals surface area contributed by atoms with Crippen molar-refractivity contribution in [1.82, 2.24) is 0 Å². The number of rotatable bonds is 8. The van der Waals surface area contributed by atoms with E-state index in [0.29, 0.717) is 18.1 Å². The molecule has 0 bridgehead atoms. The third kappa shape index (κ3) is 4.57. The molecule has 2 N–H and O–H groups in total. The van der Waals surface area contributed by atoms with Crippen molar-refractivity contribution in [3.63, 3.8) is 0 Å². The van der Waals surface area contributed by atoms with Gasteiger partial charge in [-0.05, 0) is 19.1 Å². The van der Waals surface area contributed by atoms with E-state index in [1.165, 1.54) is 0 Å². The highest BCUT2D eigenvalue weighted by Gasteiger charge is 2.22. The normalized spacial score (nSPS) is 19.7. The number of fused-ring (bicyclic) bond motifs is 1. The summed E-state index contributed by atoms with van der Waals surface area (Å²) in [6.07, 6.45) is -1.36. The monoisotopic (exact) mass is 298 g/mol. The van der Waals surface area contributed by atoms with Gasteiger partial charge in [-0.3, -0.25) is 0 Å². The second kappa shape index (κ2) is 7.61. The summed E-state index contributed by atoms with van der Waals surface area (Å²) in [5, 5.41) is 19.4. The maximum Gasteiger partial charge on any atom is 0.129 e. The van der Waals surface area contributed by atoms with Gasteiger partial charge in [-0.2, -0.15) is 0 Å². The van der Waals surface area contributed by atoms with Crippen LogP contribution in [0.1, 0.15) is 18.6 Å². The van der Waals surface area contributed by atoms with Crippen LogP contribution in [0.4, 0.5) is 0 Å². The van der Waals surface area contributed by atoms with Crippen molar-refractivity contribution >= 4 is 0 Å². The Balaban J connectivity index is 1.75. The molecule has 1 aliphatic rings. The third-order valence-electron chi connectivity index (χ3n) is 3.16. The summed E-state index contributed by atoms with van der Waals surface area (Å²) in [5.74, 6) is 1.21. The maximum absolute atomic E-state index is 9.80. The minimum atomic E-state index is -0.718. The van der Waals surface area contributed by atoms with Crippen LogP contribution in [-0.4, -0.2) is 56.0 Å². The first kappa shape index (κ1) is 16.0. The Kier molecular flexibility index (Phi) is 5.81. The maximum atomic E-state index is 9.80. The summed E-state index contributed by atoms with van der Waals surface area (Å²) in [6, 6.07) is 5.23. The SMILES string of the molecule is COCC(C)OCC(O)COc1ccc2c(c1)OCC2O. The highest BCUT2D eigenvalue weighted by molar-refractivity contribution is 5.44. The van der Waals surface area contributed by atoms with Gasteiger partial charge in [-0.15, -0.1) is 0 Å². The zero-order valence-corrected chi connectivity index (χ0v) is 12.3. The lowest BCUT2D eigenvalue weighted by atomic mass is 10.1. The van der Waals surface area contributed by atoms with Gasteiger partial charge in [0.25, 0.3) is 0 Å². The smallest absolute Gasteiger partial charge is 0.129 e. The molecular formula is C15H22O6. The molecule has 118 valence electrons. The molecule has 21 heavy (non-hydrogen) atoms. The van der Waals surface area contributed by atoms with E-state index in [1.54, 1.807) is 25.3 Å². The van der Waals surface area contributed by atoms with E-state index in [1.807, 2.05) is 6.92 Å². The molecule has 0 saturated heterocycles. The number of aliphatic hydroxyl groups excluding tert-OH is 2. The number of aliphatic hydroxyl groups is 2. The molecule has 0 saturated carbocycles. The number of ether oxygens (including phenoxy) is 4. The topological polar surface area (TPSA) is 77.4 Å². The molecule has 0 aromatic heterocycles. The Labute approximate surface area is 124 Å². The van der Waals surface area contributed by atoms with Gasteiger partial charge in [-0.1, -0.05) is 0 Å². The van der Waals surface area contributed by atoms with Gasteiger partial charge in [0.2, 0.25) is 0 Å². The van der Waals surface area contributed by atoms with E-state index in [2.05, 4.69) is 0 Å². The quantitative estimate of drug-likeness (QED) is 0.742. The van der Waals surface area contributed by atoms with Crippen molar-refractivity contribution in [2.75, 3.05) is 33.5 Å². The van der Waals surface area contributed by atoms with Gasteiger partial charge in [0, 0.05) is 18.7 Å². The van der Waals surface area contributed by atoms with Crippen LogP contribution in [0.25, 0.3) is 0 Å². The lowest BCUT2D eigenvalue weighted by Crippen LogP contribution is -2.27. The fraction of sp³-hybridized carbons (Fsp3) is 0.600. The molecule has 0 amide bonds. The largest absolute Gasteiger partial charge is 0.491 e. The number of methoxy groups -OCH3 is 1. The van der Waals surface area contributed by atoms with Crippen LogP contribution >= 0.6 is 0 Å². The van der Waals surface area contributed by atoms with Crippen molar-refractivity contribution in [1.29, 1.82) is 0 Å². The lowest BCUT2D eigenvalue weighted by Gasteiger charge is -2.16. The molecule has 1 aliphatic heterocycles. The van der Waals surface area contributed by atoms with Gasteiger partial charge in [0.1, 0.15) is 36.9 Å². The molecule has 1 heterocycles. The van der Waals surface area contributed by atoms with Gasteiger partial charge >= 0.3 is 0 Å². The Morgan fingerprint density at radius 3 is 2.90 bits per heavy atom. The zero-order chi connectivity index (χ0) is 15.2. The highest BCUT2D eigenvalue weighted by Crippen LogP contribution is 2.34. The fourth-order valence-corrected chi connectivity index (χ4v) is 2.06. The summed E-state index contributed by atoms with van der Waals surface area (Å²) >= 11 is 0. The summed E-state index contributed by atoms with van der Waals surface area (Å²) in [5.41, 5.74) is 0.764. The molecular weight excluding hydrogens is 276 g/mol. The molecule has 3 unspecified atom stereocenters. The number of hydrogen-bond acceptors (Lipinski definition) is 6. The second-order valence-electron chi connectivity index (χ2n) is 5.09. The van der Waals surface area contributed by atoms with Crippen LogP contribution in [0, 0.1) is 0 Å². The third-order valence-corrected chi connectivity index (χ3v) is 3.16. The Bertz CT molecular complexity index is 450. The predicted molar refractivity (Wildman–Crippen MR) is 75.7 cm³/mol. The lowest BCUT2D eigenvalue weighted by molar-refractivity contribution is -0.0423. The van der Waals surface area contributed by atoms with Gasteiger partial charge < -0.3 is 29.2 Å². The van der Waals surface area contributed by atoms with E-state index >= 15 is 0 Å². The minimum Gasteiger partial charge on any atom is -0.491 e. The first-order valence-electron chi connectivity index (χ1n) is 6.96. The van der Waals surface area contributed by atoms with Crippen molar-refractivity contribution in [2.45, 2.75) is 25.2 Å². The molecule has 0 radical (unpaired) electrons.